The van der Waals surface area contributed by atoms with E-state index in [1.165, 1.54) is 0 Å². The van der Waals surface area contributed by atoms with Gasteiger partial charge in [0.05, 0.1) is 5.52 Å². The number of pyridine rings is 1. The van der Waals surface area contributed by atoms with Crippen molar-refractivity contribution < 1.29 is 0 Å². The molecule has 0 aliphatic carbocycles. The second kappa shape index (κ2) is 3.53. The maximum absolute atomic E-state index is 4.94. The summed E-state index contributed by atoms with van der Waals surface area (Å²) in [6.07, 6.45) is 1.78. The predicted molar refractivity (Wildman–Crippen MR) is 64.5 cm³/mol. The van der Waals surface area contributed by atoms with Crippen molar-refractivity contribution in [2.45, 2.75) is 0 Å². The van der Waals surface area contributed by atoms with Gasteiger partial charge >= 0.3 is 0 Å². The van der Waals surface area contributed by atoms with Crippen LogP contribution in [0.3, 0.4) is 0 Å². The topological polar surface area (TPSA) is 57.4 Å². The van der Waals surface area contributed by atoms with Crippen LogP contribution in [0.2, 0.25) is 0 Å². The fraction of sp³-hybridized carbons (Fsp3) is 0. The van der Waals surface area contributed by atoms with E-state index in [9.17, 15) is 0 Å². The van der Waals surface area contributed by atoms with Crippen LogP contribution in [-0.2, 0) is 0 Å². The molecule has 0 aliphatic rings. The summed E-state index contributed by atoms with van der Waals surface area (Å²) >= 11 is 4.94. The summed E-state index contributed by atoms with van der Waals surface area (Å²) in [5.41, 5.74) is 1.94. The van der Waals surface area contributed by atoms with Gasteiger partial charge in [0.2, 0.25) is 4.77 Å². The van der Waals surface area contributed by atoms with Crippen LogP contribution < -0.4 is 0 Å². The van der Waals surface area contributed by atoms with E-state index in [2.05, 4.69) is 20.2 Å². The second-order valence-corrected chi connectivity index (χ2v) is 3.78. The predicted octanol–water partition coefficient (Wildman–Crippen LogP) is 2.68. The quantitative estimate of drug-likeness (QED) is 0.629. The largest absolute Gasteiger partial charge is 0.282 e. The summed E-state index contributed by atoms with van der Waals surface area (Å²) in [5.74, 6) is 0.739. The Morgan fingerprint density at radius 1 is 1.06 bits per heavy atom. The lowest BCUT2D eigenvalue weighted by molar-refractivity contribution is 1.08. The molecule has 2 aromatic heterocycles. The van der Waals surface area contributed by atoms with E-state index in [1.807, 2.05) is 30.3 Å². The van der Waals surface area contributed by atoms with Crippen LogP contribution in [0.25, 0.3) is 22.3 Å². The van der Waals surface area contributed by atoms with Crippen LogP contribution in [0.4, 0.5) is 0 Å². The first kappa shape index (κ1) is 9.23. The molecule has 0 radical (unpaired) electrons. The zero-order valence-electron chi connectivity index (χ0n) is 8.27. The Labute approximate surface area is 96.4 Å². The highest BCUT2D eigenvalue weighted by molar-refractivity contribution is 7.71. The lowest BCUT2D eigenvalue weighted by atomic mass is 10.1. The number of hydrogen-bond donors (Lipinski definition) is 2. The summed E-state index contributed by atoms with van der Waals surface area (Å²) in [4.78, 5) is 8.50. The molecule has 5 heteroatoms. The van der Waals surface area contributed by atoms with Crippen LogP contribution in [0.5, 0.6) is 0 Å². The SMILES string of the molecule is S=c1nc(-c2cccc3ncccc23)[nH][nH]1. The Morgan fingerprint density at radius 3 is 2.81 bits per heavy atom. The van der Waals surface area contributed by atoms with E-state index >= 15 is 0 Å². The number of rotatable bonds is 1. The summed E-state index contributed by atoms with van der Waals surface area (Å²) in [7, 11) is 0. The number of aromatic amines is 2. The van der Waals surface area contributed by atoms with E-state index in [1.54, 1.807) is 6.20 Å². The van der Waals surface area contributed by atoms with Crippen LogP contribution in [0.1, 0.15) is 0 Å². The smallest absolute Gasteiger partial charge is 0.213 e. The average molecular weight is 228 g/mol. The number of H-pyrrole nitrogens is 2. The minimum atomic E-state index is 0.455. The van der Waals surface area contributed by atoms with Gasteiger partial charge in [-0.2, -0.15) is 4.98 Å². The highest BCUT2D eigenvalue weighted by Gasteiger charge is 2.05. The van der Waals surface area contributed by atoms with E-state index < -0.39 is 0 Å². The van der Waals surface area contributed by atoms with Gasteiger partial charge in [0.25, 0.3) is 0 Å². The molecule has 2 heterocycles. The molecule has 1 aromatic carbocycles. The third-order valence-corrected chi connectivity index (χ3v) is 2.60. The minimum absolute atomic E-state index is 0.455. The number of nitrogens with zero attached hydrogens (tertiary/aromatic N) is 2. The van der Waals surface area contributed by atoms with Crippen LogP contribution >= 0.6 is 12.2 Å². The molecule has 0 atom stereocenters. The lowest BCUT2D eigenvalue weighted by Gasteiger charge is -2.01. The van der Waals surface area contributed by atoms with Crippen molar-refractivity contribution >= 4 is 23.1 Å². The Hall–Kier alpha value is -2.01. The van der Waals surface area contributed by atoms with Crippen LogP contribution in [0, 0.1) is 4.77 Å². The van der Waals surface area contributed by atoms with Crippen molar-refractivity contribution in [3.63, 3.8) is 0 Å². The average Bonchev–Trinajstić information content (AvgIpc) is 2.75. The van der Waals surface area contributed by atoms with Crippen LogP contribution in [0.15, 0.2) is 36.5 Å². The first-order valence-electron chi connectivity index (χ1n) is 4.83. The summed E-state index contributed by atoms with van der Waals surface area (Å²) in [5, 5.41) is 6.79. The van der Waals surface area contributed by atoms with Crippen LogP contribution in [-0.4, -0.2) is 20.2 Å². The van der Waals surface area contributed by atoms with Gasteiger partial charge in [0.1, 0.15) is 0 Å². The minimum Gasteiger partial charge on any atom is -0.282 e. The fourth-order valence-electron chi connectivity index (χ4n) is 1.71. The number of nitrogens with one attached hydrogen (secondary N) is 2. The van der Waals surface area contributed by atoms with E-state index in [4.69, 9.17) is 12.2 Å². The molecule has 78 valence electrons. The molecule has 0 amide bonds. The summed E-state index contributed by atoms with van der Waals surface area (Å²) in [6.45, 7) is 0. The maximum Gasteiger partial charge on any atom is 0.213 e. The van der Waals surface area contributed by atoms with Gasteiger partial charge in [0.15, 0.2) is 5.82 Å². The molecular formula is C11H8N4S. The van der Waals surface area contributed by atoms with Gasteiger partial charge in [-0.3, -0.25) is 15.2 Å². The maximum atomic E-state index is 4.94. The number of benzene rings is 1. The molecule has 16 heavy (non-hydrogen) atoms. The molecule has 0 unspecified atom stereocenters. The summed E-state index contributed by atoms with van der Waals surface area (Å²) < 4.78 is 0.455. The first-order valence-corrected chi connectivity index (χ1v) is 5.24. The fourth-order valence-corrected chi connectivity index (χ4v) is 1.85. The lowest BCUT2D eigenvalue weighted by Crippen LogP contribution is -1.85. The molecule has 0 saturated carbocycles. The van der Waals surface area contributed by atoms with Gasteiger partial charge in [-0.25, -0.2) is 0 Å². The second-order valence-electron chi connectivity index (χ2n) is 3.39. The van der Waals surface area contributed by atoms with Crippen molar-refractivity contribution in [3.8, 4) is 11.4 Å². The molecule has 2 N–H and O–H groups in total. The molecular weight excluding hydrogens is 220 g/mol. The number of aromatic nitrogens is 4. The molecule has 0 saturated heterocycles. The first-order chi connectivity index (χ1) is 7.84. The van der Waals surface area contributed by atoms with E-state index in [-0.39, 0.29) is 0 Å². The standard InChI is InChI=1S/C11H8N4S/c16-11-13-10(14-15-11)8-3-1-5-9-7(8)4-2-6-12-9/h1-6H,(H2,13,14,15,16). The Morgan fingerprint density at radius 2 is 2.00 bits per heavy atom. The van der Waals surface area contributed by atoms with Gasteiger partial charge in [-0.1, -0.05) is 18.2 Å². The number of fused-ring (bicyclic) bond motifs is 1. The van der Waals surface area contributed by atoms with E-state index in [0.717, 1.165) is 22.3 Å². The highest BCUT2D eigenvalue weighted by Crippen LogP contribution is 2.24. The monoisotopic (exact) mass is 228 g/mol. The molecule has 0 fully saturated rings. The van der Waals surface area contributed by atoms with Gasteiger partial charge in [-0.15, -0.1) is 0 Å². The van der Waals surface area contributed by atoms with E-state index in [0.29, 0.717) is 4.77 Å². The van der Waals surface area contributed by atoms with Crippen molar-refractivity contribution in [1.29, 1.82) is 0 Å². The van der Waals surface area contributed by atoms with Gasteiger partial charge in [0, 0.05) is 17.1 Å². The van der Waals surface area contributed by atoms with Gasteiger partial charge in [-0.05, 0) is 24.4 Å². The molecule has 3 rings (SSSR count). The Balaban J connectivity index is 2.35. The number of hydrogen-bond acceptors (Lipinski definition) is 3. The van der Waals surface area contributed by atoms with Crippen molar-refractivity contribution in [3.05, 3.63) is 41.3 Å². The molecule has 0 aliphatic heterocycles. The third-order valence-electron chi connectivity index (χ3n) is 2.40. The molecule has 3 aromatic rings. The molecule has 0 spiro atoms. The van der Waals surface area contributed by atoms with Crippen molar-refractivity contribution in [1.82, 2.24) is 20.2 Å². The Kier molecular flexibility index (Phi) is 2.04. The highest BCUT2D eigenvalue weighted by atomic mass is 32.1. The van der Waals surface area contributed by atoms with Crippen molar-refractivity contribution in [2.75, 3.05) is 0 Å². The summed E-state index contributed by atoms with van der Waals surface area (Å²) in [6, 6.07) is 9.85. The molecule has 0 bridgehead atoms. The Bertz CT molecular complexity index is 693. The normalized spacial score (nSPS) is 10.8. The molecule has 4 nitrogen and oxygen atoms in total. The zero-order chi connectivity index (χ0) is 11.0. The zero-order valence-corrected chi connectivity index (χ0v) is 9.08. The van der Waals surface area contributed by atoms with Crippen molar-refractivity contribution in [2.24, 2.45) is 0 Å². The third kappa shape index (κ3) is 1.42. The van der Waals surface area contributed by atoms with Gasteiger partial charge < -0.3 is 0 Å².